The van der Waals surface area contributed by atoms with Crippen molar-refractivity contribution in [1.29, 1.82) is 0 Å². The van der Waals surface area contributed by atoms with Crippen molar-refractivity contribution >= 4 is 34.7 Å². The van der Waals surface area contributed by atoms with E-state index in [9.17, 15) is 4.79 Å². The predicted molar refractivity (Wildman–Crippen MR) is 85.1 cm³/mol. The van der Waals surface area contributed by atoms with E-state index in [1.165, 1.54) is 15.8 Å². The van der Waals surface area contributed by atoms with Gasteiger partial charge >= 0.3 is 5.97 Å². The van der Waals surface area contributed by atoms with Crippen LogP contribution in [0.4, 0.5) is 0 Å². The highest BCUT2D eigenvalue weighted by Gasteiger charge is 2.09. The molecule has 0 saturated carbocycles. The third-order valence-electron chi connectivity index (χ3n) is 2.96. The number of rotatable bonds is 7. The second kappa shape index (κ2) is 7.38. The molecular weight excluding hydrogens is 290 g/mol. The van der Waals surface area contributed by atoms with E-state index in [1.807, 2.05) is 11.4 Å². The summed E-state index contributed by atoms with van der Waals surface area (Å²) in [5.74, 6) is -0.909. The number of nitrogens with zero attached hydrogens (tertiary/aromatic N) is 1. The summed E-state index contributed by atoms with van der Waals surface area (Å²) in [5, 5.41) is 12.8. The molecule has 1 N–H and O–H groups in total. The highest BCUT2D eigenvalue weighted by Crippen LogP contribution is 2.22. The fourth-order valence-electron chi connectivity index (χ4n) is 1.89. The smallest absolute Gasteiger partial charge is 0.328 e. The van der Waals surface area contributed by atoms with Crippen molar-refractivity contribution in [1.82, 2.24) is 4.90 Å². The summed E-state index contributed by atoms with van der Waals surface area (Å²) in [6.45, 7) is 4.91. The van der Waals surface area contributed by atoms with Gasteiger partial charge < -0.3 is 5.11 Å². The van der Waals surface area contributed by atoms with Gasteiger partial charge in [0.25, 0.3) is 0 Å². The standard InChI is InChI=1S/C15H17NO2S2/c1-2-16(10-13-4-3-8-19-13)11-14-12(7-9-20-14)5-6-15(17)18/h3-9H,2,10-11H2,1H3,(H,17,18). The van der Waals surface area contributed by atoms with E-state index in [1.54, 1.807) is 28.7 Å². The van der Waals surface area contributed by atoms with E-state index in [0.717, 1.165) is 25.2 Å². The maximum Gasteiger partial charge on any atom is 0.328 e. The van der Waals surface area contributed by atoms with Gasteiger partial charge in [-0.1, -0.05) is 13.0 Å². The number of hydrogen-bond acceptors (Lipinski definition) is 4. The molecule has 2 aromatic rings. The molecule has 0 atom stereocenters. The lowest BCUT2D eigenvalue weighted by Crippen LogP contribution is -2.21. The lowest BCUT2D eigenvalue weighted by atomic mass is 10.2. The lowest BCUT2D eigenvalue weighted by Gasteiger charge is -2.19. The zero-order valence-corrected chi connectivity index (χ0v) is 12.9. The van der Waals surface area contributed by atoms with Gasteiger partial charge in [-0.25, -0.2) is 4.79 Å². The summed E-state index contributed by atoms with van der Waals surface area (Å²) in [4.78, 5) is 15.5. The Hall–Kier alpha value is -1.43. The van der Waals surface area contributed by atoms with E-state index in [2.05, 4.69) is 29.3 Å². The van der Waals surface area contributed by atoms with Crippen LogP contribution in [0.3, 0.4) is 0 Å². The molecule has 0 fully saturated rings. The molecular formula is C15H17NO2S2. The molecule has 2 aromatic heterocycles. The molecule has 0 aromatic carbocycles. The maximum absolute atomic E-state index is 10.6. The Balaban J connectivity index is 2.04. The Kier molecular flexibility index (Phi) is 5.52. The van der Waals surface area contributed by atoms with Crippen molar-refractivity contribution in [3.63, 3.8) is 0 Å². The third kappa shape index (κ3) is 4.30. The number of carboxylic acid groups (broad SMARTS) is 1. The number of aliphatic carboxylic acids is 1. The minimum atomic E-state index is -0.909. The number of hydrogen-bond donors (Lipinski definition) is 1. The van der Waals surface area contributed by atoms with Gasteiger partial charge in [0.05, 0.1) is 0 Å². The summed E-state index contributed by atoms with van der Waals surface area (Å²) in [6, 6.07) is 6.19. The van der Waals surface area contributed by atoms with E-state index >= 15 is 0 Å². The third-order valence-corrected chi connectivity index (χ3v) is 4.74. The summed E-state index contributed by atoms with van der Waals surface area (Å²) >= 11 is 3.44. The quantitative estimate of drug-likeness (QED) is 0.788. The first-order valence-electron chi connectivity index (χ1n) is 6.41. The SMILES string of the molecule is CCN(Cc1cccs1)Cc1sccc1C=CC(=O)O. The monoisotopic (exact) mass is 307 g/mol. The summed E-state index contributed by atoms with van der Waals surface area (Å²) in [5.41, 5.74) is 1.00. The highest BCUT2D eigenvalue weighted by atomic mass is 32.1. The Morgan fingerprint density at radius 3 is 2.80 bits per heavy atom. The van der Waals surface area contributed by atoms with Gasteiger partial charge in [0.2, 0.25) is 0 Å². The van der Waals surface area contributed by atoms with Crippen molar-refractivity contribution in [3.8, 4) is 0 Å². The second-order valence-corrected chi connectivity index (χ2v) is 6.39. The van der Waals surface area contributed by atoms with Crippen molar-refractivity contribution in [2.45, 2.75) is 20.0 Å². The first-order chi connectivity index (χ1) is 9.69. The van der Waals surface area contributed by atoms with Crippen LogP contribution < -0.4 is 0 Å². The Morgan fingerprint density at radius 1 is 1.30 bits per heavy atom. The molecule has 0 spiro atoms. The Morgan fingerprint density at radius 2 is 2.15 bits per heavy atom. The van der Waals surface area contributed by atoms with E-state index in [-0.39, 0.29) is 0 Å². The highest BCUT2D eigenvalue weighted by molar-refractivity contribution is 7.10. The minimum Gasteiger partial charge on any atom is -0.478 e. The molecule has 0 amide bonds. The number of carboxylic acids is 1. The molecule has 20 heavy (non-hydrogen) atoms. The van der Waals surface area contributed by atoms with E-state index in [4.69, 9.17) is 5.11 Å². The first kappa shape index (κ1) is 15.0. The van der Waals surface area contributed by atoms with Crippen LogP contribution in [0.5, 0.6) is 0 Å². The van der Waals surface area contributed by atoms with Crippen molar-refractivity contribution < 1.29 is 9.90 Å². The van der Waals surface area contributed by atoms with E-state index < -0.39 is 5.97 Å². The van der Waals surface area contributed by atoms with Gasteiger partial charge in [0.15, 0.2) is 0 Å². The van der Waals surface area contributed by atoms with Crippen LogP contribution >= 0.6 is 22.7 Å². The second-order valence-electron chi connectivity index (χ2n) is 4.35. The molecule has 0 aliphatic heterocycles. The first-order valence-corrected chi connectivity index (χ1v) is 8.17. The molecule has 0 aliphatic rings. The molecule has 2 heterocycles. The topological polar surface area (TPSA) is 40.5 Å². The van der Waals surface area contributed by atoms with Crippen molar-refractivity contribution in [2.75, 3.05) is 6.54 Å². The Labute approximate surface area is 126 Å². The molecule has 5 heteroatoms. The zero-order chi connectivity index (χ0) is 14.4. The van der Waals surface area contributed by atoms with E-state index in [0.29, 0.717) is 0 Å². The van der Waals surface area contributed by atoms with Crippen LogP contribution in [0.2, 0.25) is 0 Å². The summed E-state index contributed by atoms with van der Waals surface area (Å²) < 4.78 is 0. The van der Waals surface area contributed by atoms with Gasteiger partial charge in [-0.15, -0.1) is 22.7 Å². The minimum absolute atomic E-state index is 0.853. The van der Waals surface area contributed by atoms with Crippen LogP contribution in [0.1, 0.15) is 22.2 Å². The average Bonchev–Trinajstić information content (AvgIpc) is 3.07. The van der Waals surface area contributed by atoms with Crippen LogP contribution in [0, 0.1) is 0 Å². The summed E-state index contributed by atoms with van der Waals surface area (Å²) in [7, 11) is 0. The molecule has 0 bridgehead atoms. The molecule has 0 aliphatic carbocycles. The molecule has 0 saturated heterocycles. The number of thiophene rings is 2. The van der Waals surface area contributed by atoms with Gasteiger partial charge in [0, 0.05) is 28.9 Å². The summed E-state index contributed by atoms with van der Waals surface area (Å²) in [6.07, 6.45) is 2.87. The average molecular weight is 307 g/mol. The predicted octanol–water partition coefficient (Wildman–Crippen LogP) is 3.93. The van der Waals surface area contributed by atoms with Crippen molar-refractivity contribution in [2.24, 2.45) is 0 Å². The molecule has 3 nitrogen and oxygen atoms in total. The zero-order valence-electron chi connectivity index (χ0n) is 11.3. The van der Waals surface area contributed by atoms with Crippen molar-refractivity contribution in [3.05, 3.63) is 50.4 Å². The normalized spacial score (nSPS) is 11.5. The largest absolute Gasteiger partial charge is 0.478 e. The lowest BCUT2D eigenvalue weighted by molar-refractivity contribution is -0.131. The molecule has 106 valence electrons. The fraction of sp³-hybridized carbons (Fsp3) is 0.267. The molecule has 2 rings (SSSR count). The van der Waals surface area contributed by atoms with Crippen LogP contribution in [0.15, 0.2) is 35.0 Å². The van der Waals surface area contributed by atoms with Crippen LogP contribution in [0.25, 0.3) is 6.08 Å². The van der Waals surface area contributed by atoms with Gasteiger partial charge in [-0.05, 0) is 41.1 Å². The van der Waals surface area contributed by atoms with Gasteiger partial charge in [-0.3, -0.25) is 4.90 Å². The van der Waals surface area contributed by atoms with Crippen LogP contribution in [-0.2, 0) is 17.9 Å². The fourth-order valence-corrected chi connectivity index (χ4v) is 3.55. The van der Waals surface area contributed by atoms with Crippen LogP contribution in [-0.4, -0.2) is 22.5 Å². The number of carbonyl (C=O) groups is 1. The maximum atomic E-state index is 10.6. The van der Waals surface area contributed by atoms with Gasteiger partial charge in [0.1, 0.15) is 0 Å². The molecule has 0 radical (unpaired) electrons. The molecule has 0 unspecified atom stereocenters. The Bertz CT molecular complexity index is 572. The van der Waals surface area contributed by atoms with Gasteiger partial charge in [-0.2, -0.15) is 0 Å².